The van der Waals surface area contributed by atoms with Crippen molar-refractivity contribution in [3.05, 3.63) is 16.5 Å². The zero-order valence-electron chi connectivity index (χ0n) is 8.87. The van der Waals surface area contributed by atoms with Crippen molar-refractivity contribution in [2.24, 2.45) is 0 Å². The molecule has 0 bridgehead atoms. The minimum atomic E-state index is -0.592. The van der Waals surface area contributed by atoms with Crippen LogP contribution in [0.15, 0.2) is 10.7 Å². The van der Waals surface area contributed by atoms with Crippen molar-refractivity contribution in [1.82, 2.24) is 9.97 Å². The van der Waals surface area contributed by atoms with Crippen LogP contribution in [0.25, 0.3) is 0 Å². The molecular weight excluding hydrogens is 258 g/mol. The minimum Gasteiger partial charge on any atom is -0.388 e. The molecule has 1 aromatic rings. The van der Waals surface area contributed by atoms with Gasteiger partial charge in [0.1, 0.15) is 16.2 Å². The molecule has 1 aliphatic rings. The van der Waals surface area contributed by atoms with E-state index in [4.69, 9.17) is 0 Å². The van der Waals surface area contributed by atoms with Gasteiger partial charge in [-0.3, -0.25) is 0 Å². The summed E-state index contributed by atoms with van der Waals surface area (Å²) in [6, 6.07) is 1.88. The average molecular weight is 272 g/mol. The number of anilines is 1. The van der Waals surface area contributed by atoms with Crippen LogP contribution < -0.4 is 4.90 Å². The fourth-order valence-corrected chi connectivity index (χ4v) is 2.28. The number of hydrogen-bond acceptors (Lipinski definition) is 4. The monoisotopic (exact) mass is 271 g/mol. The van der Waals surface area contributed by atoms with Gasteiger partial charge in [-0.05, 0) is 36.2 Å². The molecule has 15 heavy (non-hydrogen) atoms. The van der Waals surface area contributed by atoms with E-state index in [1.807, 2.05) is 19.9 Å². The van der Waals surface area contributed by atoms with Crippen LogP contribution in [-0.2, 0) is 0 Å². The molecule has 4 nitrogen and oxygen atoms in total. The van der Waals surface area contributed by atoms with Gasteiger partial charge < -0.3 is 10.0 Å². The van der Waals surface area contributed by atoms with Crippen molar-refractivity contribution in [2.75, 3.05) is 18.0 Å². The molecule has 1 aliphatic heterocycles. The van der Waals surface area contributed by atoms with Crippen LogP contribution in [0.5, 0.6) is 0 Å². The van der Waals surface area contributed by atoms with E-state index in [0.717, 1.165) is 29.2 Å². The van der Waals surface area contributed by atoms with Crippen LogP contribution >= 0.6 is 15.9 Å². The predicted octanol–water partition coefficient (Wildman–Crippen LogP) is 1.51. The summed E-state index contributed by atoms with van der Waals surface area (Å²) in [5, 5.41) is 9.87. The van der Waals surface area contributed by atoms with Gasteiger partial charge in [0.2, 0.25) is 0 Å². The molecule has 0 aromatic carbocycles. The Kier molecular flexibility index (Phi) is 2.68. The van der Waals surface area contributed by atoms with Crippen LogP contribution in [0.2, 0.25) is 0 Å². The number of nitrogens with zero attached hydrogens (tertiary/aromatic N) is 3. The maximum absolute atomic E-state index is 9.87. The highest BCUT2D eigenvalue weighted by Crippen LogP contribution is 2.26. The first-order chi connectivity index (χ1) is 6.96. The van der Waals surface area contributed by atoms with Gasteiger partial charge in [0.25, 0.3) is 0 Å². The summed E-state index contributed by atoms with van der Waals surface area (Å²) in [5.74, 6) is 1.62. The number of aromatic nitrogens is 2. The molecule has 5 heteroatoms. The third-order valence-electron chi connectivity index (χ3n) is 2.57. The lowest BCUT2D eigenvalue weighted by Crippen LogP contribution is -2.30. The zero-order chi connectivity index (χ0) is 11.1. The normalized spacial score (nSPS) is 26.0. The second kappa shape index (κ2) is 3.72. The first-order valence-corrected chi connectivity index (χ1v) is 5.74. The predicted molar refractivity (Wildman–Crippen MR) is 61.9 cm³/mol. The molecule has 0 spiro atoms. The SMILES string of the molecule is Cc1nc(Br)cc(N2CCC(C)(O)C2)n1. The van der Waals surface area contributed by atoms with Crippen LogP contribution in [0.1, 0.15) is 19.2 Å². The number of hydrogen-bond donors (Lipinski definition) is 1. The number of rotatable bonds is 1. The summed E-state index contributed by atoms with van der Waals surface area (Å²) in [6.07, 6.45) is 0.785. The van der Waals surface area contributed by atoms with Gasteiger partial charge in [-0.15, -0.1) is 0 Å². The largest absolute Gasteiger partial charge is 0.388 e. The van der Waals surface area contributed by atoms with Crippen molar-refractivity contribution in [2.45, 2.75) is 25.9 Å². The van der Waals surface area contributed by atoms with E-state index in [1.54, 1.807) is 0 Å². The van der Waals surface area contributed by atoms with Crippen LogP contribution in [0.3, 0.4) is 0 Å². The maximum Gasteiger partial charge on any atom is 0.133 e. The summed E-state index contributed by atoms with van der Waals surface area (Å²) in [4.78, 5) is 10.6. The lowest BCUT2D eigenvalue weighted by molar-refractivity contribution is 0.0839. The van der Waals surface area contributed by atoms with Gasteiger partial charge in [0.05, 0.1) is 5.60 Å². The topological polar surface area (TPSA) is 49.2 Å². The number of β-amino-alcohol motifs (C(OH)–C–C–N with tert-alkyl or cyclic N) is 1. The fourth-order valence-electron chi connectivity index (χ4n) is 1.82. The molecule has 1 aromatic heterocycles. The number of aliphatic hydroxyl groups is 1. The highest BCUT2D eigenvalue weighted by molar-refractivity contribution is 9.10. The second-order valence-corrected chi connectivity index (χ2v) is 5.08. The van der Waals surface area contributed by atoms with E-state index in [1.165, 1.54) is 0 Å². The van der Waals surface area contributed by atoms with Crippen molar-refractivity contribution < 1.29 is 5.11 Å². The van der Waals surface area contributed by atoms with Crippen molar-refractivity contribution >= 4 is 21.7 Å². The number of halogens is 1. The lowest BCUT2D eigenvalue weighted by Gasteiger charge is -2.20. The summed E-state index contributed by atoms with van der Waals surface area (Å²) >= 11 is 3.35. The van der Waals surface area contributed by atoms with Gasteiger partial charge in [-0.1, -0.05) is 0 Å². The Morgan fingerprint density at radius 1 is 1.53 bits per heavy atom. The Balaban J connectivity index is 2.24. The molecule has 82 valence electrons. The van der Waals surface area contributed by atoms with Crippen LogP contribution in [0.4, 0.5) is 5.82 Å². The molecule has 1 N–H and O–H groups in total. The lowest BCUT2D eigenvalue weighted by atomic mass is 10.1. The van der Waals surface area contributed by atoms with Crippen LogP contribution in [0, 0.1) is 6.92 Å². The standard InChI is InChI=1S/C10H14BrN3O/c1-7-12-8(11)5-9(13-7)14-4-3-10(2,15)6-14/h5,15H,3-4,6H2,1-2H3. The van der Waals surface area contributed by atoms with Crippen molar-refractivity contribution in [3.8, 4) is 0 Å². The van der Waals surface area contributed by atoms with Crippen LogP contribution in [-0.4, -0.2) is 33.8 Å². The summed E-state index contributed by atoms with van der Waals surface area (Å²) < 4.78 is 0.788. The zero-order valence-corrected chi connectivity index (χ0v) is 10.5. The fraction of sp³-hybridized carbons (Fsp3) is 0.600. The molecule has 1 atom stereocenters. The highest BCUT2D eigenvalue weighted by atomic mass is 79.9. The van der Waals surface area contributed by atoms with E-state index in [-0.39, 0.29) is 0 Å². The van der Waals surface area contributed by atoms with Crippen molar-refractivity contribution in [3.63, 3.8) is 0 Å². The summed E-state index contributed by atoms with van der Waals surface area (Å²) in [5.41, 5.74) is -0.592. The van der Waals surface area contributed by atoms with E-state index >= 15 is 0 Å². The van der Waals surface area contributed by atoms with E-state index < -0.39 is 5.60 Å². The molecule has 0 amide bonds. The van der Waals surface area contributed by atoms with Gasteiger partial charge in [0.15, 0.2) is 0 Å². The van der Waals surface area contributed by atoms with E-state index in [0.29, 0.717) is 6.54 Å². The Bertz CT molecular complexity index is 361. The van der Waals surface area contributed by atoms with Gasteiger partial charge in [-0.25, -0.2) is 9.97 Å². The van der Waals surface area contributed by atoms with Gasteiger partial charge >= 0.3 is 0 Å². The van der Waals surface area contributed by atoms with E-state index in [9.17, 15) is 5.11 Å². The van der Waals surface area contributed by atoms with Gasteiger partial charge in [-0.2, -0.15) is 0 Å². The first kappa shape index (κ1) is 10.8. The highest BCUT2D eigenvalue weighted by Gasteiger charge is 2.32. The third-order valence-corrected chi connectivity index (χ3v) is 2.98. The third kappa shape index (κ3) is 2.46. The van der Waals surface area contributed by atoms with E-state index in [2.05, 4.69) is 30.8 Å². The quantitative estimate of drug-likeness (QED) is 0.787. The first-order valence-electron chi connectivity index (χ1n) is 4.95. The molecule has 0 aliphatic carbocycles. The molecule has 1 unspecified atom stereocenters. The second-order valence-electron chi connectivity index (χ2n) is 4.26. The molecule has 1 fully saturated rings. The Morgan fingerprint density at radius 2 is 2.27 bits per heavy atom. The Morgan fingerprint density at radius 3 is 2.80 bits per heavy atom. The Hall–Kier alpha value is -0.680. The maximum atomic E-state index is 9.87. The molecule has 0 radical (unpaired) electrons. The number of aryl methyl sites for hydroxylation is 1. The molecule has 2 rings (SSSR count). The molecule has 2 heterocycles. The summed E-state index contributed by atoms with van der Waals surface area (Å²) in [7, 11) is 0. The minimum absolute atomic E-state index is 0.592. The average Bonchev–Trinajstić information content (AvgIpc) is 2.44. The molecular formula is C10H14BrN3O. The summed E-state index contributed by atoms with van der Waals surface area (Å²) in [6.45, 7) is 5.20. The van der Waals surface area contributed by atoms with Crippen molar-refractivity contribution in [1.29, 1.82) is 0 Å². The smallest absolute Gasteiger partial charge is 0.133 e. The Labute approximate surface area is 97.5 Å². The molecule has 1 saturated heterocycles. The van der Waals surface area contributed by atoms with Gasteiger partial charge in [0, 0.05) is 19.2 Å². The molecule has 0 saturated carbocycles.